The number of ether oxygens (including phenoxy) is 1. The molecule has 3 nitrogen and oxygen atoms in total. The van der Waals surface area contributed by atoms with Gasteiger partial charge in [-0.15, -0.1) is 4.52 Å². The fourth-order valence-electron chi connectivity index (χ4n) is 0.158. The summed E-state index contributed by atoms with van der Waals surface area (Å²) in [6.45, 7) is 0. The van der Waals surface area contributed by atoms with Gasteiger partial charge < -0.3 is 4.74 Å². The summed E-state index contributed by atoms with van der Waals surface area (Å²) >= 11 is 0. The van der Waals surface area contributed by atoms with Gasteiger partial charge in [-0.1, -0.05) is 0 Å². The van der Waals surface area contributed by atoms with Gasteiger partial charge >= 0.3 is 8.03 Å². The van der Waals surface area contributed by atoms with Gasteiger partial charge in [-0.25, -0.2) is 0 Å². The molecule has 0 bridgehead atoms. The summed E-state index contributed by atoms with van der Waals surface area (Å²) in [6.07, 6.45) is 0.186. The summed E-state index contributed by atoms with van der Waals surface area (Å²) in [4.78, 5) is 0. The Bertz CT molecular complexity index is 63.2. The largest absolute Gasteiger partial charge is 0.536 e. The highest BCUT2D eigenvalue weighted by molar-refractivity contribution is 7.38. The van der Waals surface area contributed by atoms with Crippen LogP contribution in [0.4, 0.5) is 0 Å². The minimum atomic E-state index is -1.55. The van der Waals surface area contributed by atoms with Crippen molar-refractivity contribution in [3.63, 3.8) is 0 Å². The van der Waals surface area contributed by atoms with Crippen LogP contribution in [0.3, 0.4) is 0 Å². The van der Waals surface area contributed by atoms with Crippen LogP contribution in [0.1, 0.15) is 0 Å². The van der Waals surface area contributed by atoms with E-state index in [9.17, 15) is 4.57 Å². The minimum absolute atomic E-state index is 0.186. The van der Waals surface area contributed by atoms with Gasteiger partial charge in [0.25, 0.3) is 6.35 Å². The van der Waals surface area contributed by atoms with Gasteiger partial charge in [0.15, 0.2) is 0 Å². The second kappa shape index (κ2) is 4.19. The molecule has 0 N–H and O–H groups in total. The molecule has 0 spiro atoms. The van der Waals surface area contributed by atoms with E-state index in [0.29, 0.717) is 0 Å². The Kier molecular flexibility index (Phi) is 4.20. The molecular weight excluding hydrogens is 115 g/mol. The summed E-state index contributed by atoms with van der Waals surface area (Å²) in [6, 6.07) is 0. The summed E-state index contributed by atoms with van der Waals surface area (Å²) in [7, 11) is 1.31. The van der Waals surface area contributed by atoms with E-state index >= 15 is 0 Å². The first kappa shape index (κ1) is 7.02. The molecule has 0 rings (SSSR count). The third kappa shape index (κ3) is 3.86. The lowest BCUT2D eigenvalue weighted by atomic mass is 11.5. The van der Waals surface area contributed by atoms with Crippen molar-refractivity contribution >= 4 is 8.03 Å². The molecule has 0 aliphatic heterocycles. The van der Waals surface area contributed by atoms with E-state index < -0.39 is 8.03 Å². The standard InChI is InChI=1S/C3H8O3P/c1-5-3-7(4)6-2/h3H2,1-2H3/q+1. The molecule has 1 unspecified atom stereocenters. The van der Waals surface area contributed by atoms with Gasteiger partial charge in [0.2, 0.25) is 0 Å². The Labute approximate surface area is 43.5 Å². The zero-order valence-corrected chi connectivity index (χ0v) is 5.27. The molecule has 0 amide bonds. The number of hydrogen-bond acceptors (Lipinski definition) is 3. The highest BCUT2D eigenvalue weighted by Gasteiger charge is 2.10. The molecule has 0 aliphatic rings. The normalized spacial score (nSPS) is 11.4. The van der Waals surface area contributed by atoms with Gasteiger partial charge in [-0.05, 0) is 4.57 Å². The molecule has 0 aromatic heterocycles. The third-order valence-electron chi connectivity index (χ3n) is 0.438. The van der Waals surface area contributed by atoms with Crippen LogP contribution in [-0.4, -0.2) is 20.6 Å². The van der Waals surface area contributed by atoms with Crippen LogP contribution in [0.25, 0.3) is 0 Å². The van der Waals surface area contributed by atoms with Crippen molar-refractivity contribution in [3.05, 3.63) is 0 Å². The van der Waals surface area contributed by atoms with Crippen LogP contribution in [0, 0.1) is 0 Å². The average Bonchev–Trinajstić information content (AvgIpc) is 1.68. The smallest absolute Gasteiger partial charge is 0.338 e. The fourth-order valence-corrected chi connectivity index (χ4v) is 0.474. The predicted octanol–water partition coefficient (Wildman–Crippen LogP) is 0.979. The molecule has 0 aliphatic carbocycles. The molecule has 0 radical (unpaired) electrons. The van der Waals surface area contributed by atoms with Crippen molar-refractivity contribution in [1.82, 2.24) is 0 Å². The Morgan fingerprint density at radius 3 is 2.29 bits per heavy atom. The molecule has 0 saturated carbocycles. The third-order valence-corrected chi connectivity index (χ3v) is 1.31. The van der Waals surface area contributed by atoms with Gasteiger partial charge in [0.1, 0.15) is 0 Å². The Morgan fingerprint density at radius 1 is 1.57 bits per heavy atom. The second-order valence-electron chi connectivity index (χ2n) is 0.933. The van der Waals surface area contributed by atoms with Crippen molar-refractivity contribution in [2.45, 2.75) is 0 Å². The molecule has 0 fully saturated rings. The topological polar surface area (TPSA) is 35.5 Å². The van der Waals surface area contributed by atoms with Crippen molar-refractivity contribution in [2.24, 2.45) is 0 Å². The van der Waals surface area contributed by atoms with Crippen LogP contribution in [0.15, 0.2) is 0 Å². The first-order chi connectivity index (χ1) is 3.31. The van der Waals surface area contributed by atoms with Crippen molar-refractivity contribution in [2.75, 3.05) is 20.6 Å². The first-order valence-corrected chi connectivity index (χ1v) is 3.15. The lowest BCUT2D eigenvalue weighted by molar-refractivity contribution is 0.237. The number of hydrogen-bond donors (Lipinski definition) is 0. The quantitative estimate of drug-likeness (QED) is 0.524. The van der Waals surface area contributed by atoms with E-state index in [1.165, 1.54) is 14.2 Å². The van der Waals surface area contributed by atoms with Gasteiger partial charge in [-0.2, -0.15) is 0 Å². The van der Waals surface area contributed by atoms with E-state index in [0.717, 1.165) is 0 Å². The summed E-state index contributed by atoms with van der Waals surface area (Å²) in [5.74, 6) is 0. The Morgan fingerprint density at radius 2 is 2.14 bits per heavy atom. The second-order valence-corrected chi connectivity index (χ2v) is 2.22. The van der Waals surface area contributed by atoms with E-state index in [4.69, 9.17) is 0 Å². The fraction of sp³-hybridized carbons (Fsp3) is 1.00. The average molecular weight is 123 g/mol. The lowest BCUT2D eigenvalue weighted by Gasteiger charge is -1.77. The minimum Gasteiger partial charge on any atom is -0.338 e. The van der Waals surface area contributed by atoms with Crippen LogP contribution < -0.4 is 0 Å². The maximum Gasteiger partial charge on any atom is 0.536 e. The maximum atomic E-state index is 10.2. The van der Waals surface area contributed by atoms with Crippen molar-refractivity contribution < 1.29 is 13.8 Å². The first-order valence-electron chi connectivity index (χ1n) is 1.79. The highest BCUT2D eigenvalue weighted by Crippen LogP contribution is 2.18. The summed E-state index contributed by atoms with van der Waals surface area (Å²) in [5, 5.41) is 0. The van der Waals surface area contributed by atoms with Gasteiger partial charge in [0, 0.05) is 7.11 Å². The van der Waals surface area contributed by atoms with Gasteiger partial charge in [-0.3, -0.25) is 0 Å². The van der Waals surface area contributed by atoms with E-state index in [1.807, 2.05) is 0 Å². The molecular formula is C3H8O3P+. The molecule has 0 heterocycles. The Balaban J connectivity index is 3.00. The van der Waals surface area contributed by atoms with E-state index in [1.54, 1.807) is 0 Å². The zero-order chi connectivity index (χ0) is 5.70. The molecule has 0 aromatic carbocycles. The lowest BCUT2D eigenvalue weighted by Crippen LogP contribution is -1.80. The molecule has 7 heavy (non-hydrogen) atoms. The SMILES string of the molecule is COC[P+](=O)OC. The number of rotatable bonds is 3. The molecule has 4 heteroatoms. The highest BCUT2D eigenvalue weighted by atomic mass is 31.1. The van der Waals surface area contributed by atoms with E-state index in [2.05, 4.69) is 9.26 Å². The van der Waals surface area contributed by atoms with Crippen LogP contribution in [0.5, 0.6) is 0 Å². The zero-order valence-electron chi connectivity index (χ0n) is 4.38. The van der Waals surface area contributed by atoms with Gasteiger partial charge in [0.05, 0.1) is 7.11 Å². The summed E-state index contributed by atoms with van der Waals surface area (Å²) in [5.41, 5.74) is 0. The number of methoxy groups -OCH3 is 1. The van der Waals surface area contributed by atoms with Crippen LogP contribution in [-0.2, 0) is 13.8 Å². The Hall–Kier alpha value is 0.0200. The molecule has 1 atom stereocenters. The van der Waals surface area contributed by atoms with Crippen molar-refractivity contribution in [3.8, 4) is 0 Å². The van der Waals surface area contributed by atoms with E-state index in [-0.39, 0.29) is 6.35 Å². The molecule has 42 valence electrons. The van der Waals surface area contributed by atoms with Crippen LogP contribution >= 0.6 is 8.03 Å². The predicted molar refractivity (Wildman–Crippen MR) is 26.5 cm³/mol. The summed E-state index contributed by atoms with van der Waals surface area (Å²) < 4.78 is 19.1. The van der Waals surface area contributed by atoms with Crippen molar-refractivity contribution in [1.29, 1.82) is 0 Å². The van der Waals surface area contributed by atoms with Crippen LogP contribution in [0.2, 0.25) is 0 Å². The maximum absolute atomic E-state index is 10.2. The molecule has 0 aromatic rings. The molecule has 0 saturated heterocycles. The monoisotopic (exact) mass is 123 g/mol.